The van der Waals surface area contributed by atoms with Crippen LogP contribution in [0.1, 0.15) is 43.0 Å². The molecule has 0 fully saturated rings. The largest absolute Gasteiger partial charge is 0.489 e. The number of ether oxygens (including phenoxy) is 1. The molecule has 6 nitrogen and oxygen atoms in total. The first kappa shape index (κ1) is 30.4. The lowest BCUT2D eigenvalue weighted by Gasteiger charge is -2.12. The summed E-state index contributed by atoms with van der Waals surface area (Å²) >= 11 is 0. The highest BCUT2D eigenvalue weighted by Gasteiger charge is 2.15. The van der Waals surface area contributed by atoms with Crippen LogP contribution in [0.5, 0.6) is 5.75 Å². The fourth-order valence-electron chi connectivity index (χ4n) is 4.47. The Hall–Kier alpha value is -6.01. The summed E-state index contributed by atoms with van der Waals surface area (Å²) in [6.07, 6.45) is 4.89. The maximum absolute atomic E-state index is 13.3. The standard InChI is InChI=1S/C39H32N2O4/c1-28-9-8-12-31(25-28)26-36(41-38(43)33-13-6-3-7-14-33)39(44)40-34-20-18-32(19-21-34)37(42)24-17-29-15-22-35(23-16-29)45-27-30-10-4-2-5-11-30/h2-26H,27H2,1H3,(H,40,44)(H,41,43)/b24-17+,36-26-. The van der Waals surface area contributed by atoms with E-state index in [1.165, 1.54) is 6.08 Å². The van der Waals surface area contributed by atoms with Crippen LogP contribution in [0, 0.1) is 6.92 Å². The number of allylic oxidation sites excluding steroid dienone is 1. The molecule has 0 unspecified atom stereocenters. The molecule has 222 valence electrons. The molecule has 0 aromatic heterocycles. The van der Waals surface area contributed by atoms with Crippen LogP contribution in [0.25, 0.3) is 12.2 Å². The van der Waals surface area contributed by atoms with Crippen LogP contribution in [0.4, 0.5) is 5.69 Å². The van der Waals surface area contributed by atoms with Crippen molar-refractivity contribution >= 4 is 35.4 Å². The molecule has 0 bridgehead atoms. The van der Waals surface area contributed by atoms with Gasteiger partial charge in [-0.1, -0.05) is 96.6 Å². The van der Waals surface area contributed by atoms with E-state index in [1.54, 1.807) is 60.7 Å². The first-order chi connectivity index (χ1) is 21.9. The lowest BCUT2D eigenvalue weighted by Crippen LogP contribution is -2.30. The number of aryl methyl sites for hydroxylation is 1. The van der Waals surface area contributed by atoms with Crippen LogP contribution in [0.2, 0.25) is 0 Å². The van der Waals surface area contributed by atoms with Crippen molar-refractivity contribution in [1.82, 2.24) is 5.32 Å². The van der Waals surface area contributed by atoms with Crippen LogP contribution in [-0.4, -0.2) is 17.6 Å². The second-order valence-electron chi connectivity index (χ2n) is 10.4. The average Bonchev–Trinajstić information content (AvgIpc) is 3.07. The van der Waals surface area contributed by atoms with Crippen molar-refractivity contribution < 1.29 is 19.1 Å². The van der Waals surface area contributed by atoms with E-state index < -0.39 is 11.8 Å². The molecule has 0 radical (unpaired) electrons. The molecule has 0 aliphatic carbocycles. The summed E-state index contributed by atoms with van der Waals surface area (Å²) in [4.78, 5) is 39.0. The summed E-state index contributed by atoms with van der Waals surface area (Å²) < 4.78 is 5.82. The Labute approximate surface area is 262 Å². The fraction of sp³-hybridized carbons (Fsp3) is 0.0513. The van der Waals surface area contributed by atoms with E-state index in [2.05, 4.69) is 10.6 Å². The van der Waals surface area contributed by atoms with Crippen molar-refractivity contribution in [2.24, 2.45) is 0 Å². The molecule has 2 N–H and O–H groups in total. The third kappa shape index (κ3) is 8.99. The Morgan fingerprint density at radius 3 is 2.07 bits per heavy atom. The van der Waals surface area contributed by atoms with E-state index in [9.17, 15) is 14.4 Å². The molecular formula is C39H32N2O4. The normalized spacial score (nSPS) is 11.2. The lowest BCUT2D eigenvalue weighted by atomic mass is 10.1. The molecule has 2 amide bonds. The second-order valence-corrected chi connectivity index (χ2v) is 10.4. The predicted molar refractivity (Wildman–Crippen MR) is 179 cm³/mol. The van der Waals surface area contributed by atoms with Gasteiger partial charge < -0.3 is 15.4 Å². The van der Waals surface area contributed by atoms with Gasteiger partial charge in [0.1, 0.15) is 18.1 Å². The fourth-order valence-corrected chi connectivity index (χ4v) is 4.47. The van der Waals surface area contributed by atoms with Crippen molar-refractivity contribution in [3.63, 3.8) is 0 Å². The predicted octanol–water partition coefficient (Wildman–Crippen LogP) is 7.88. The highest BCUT2D eigenvalue weighted by molar-refractivity contribution is 6.11. The highest BCUT2D eigenvalue weighted by atomic mass is 16.5. The third-order valence-electron chi connectivity index (χ3n) is 6.86. The van der Waals surface area contributed by atoms with Gasteiger partial charge in [-0.2, -0.15) is 0 Å². The summed E-state index contributed by atoms with van der Waals surface area (Å²) in [7, 11) is 0. The van der Waals surface area contributed by atoms with Crippen LogP contribution in [0.3, 0.4) is 0 Å². The van der Waals surface area contributed by atoms with Gasteiger partial charge in [-0.25, -0.2) is 0 Å². The number of ketones is 1. The number of benzene rings is 5. The molecule has 5 aromatic rings. The Balaban J connectivity index is 1.21. The van der Waals surface area contributed by atoms with E-state index in [0.717, 1.165) is 28.0 Å². The number of carbonyl (C=O) groups excluding carboxylic acids is 3. The zero-order valence-electron chi connectivity index (χ0n) is 24.8. The lowest BCUT2D eigenvalue weighted by molar-refractivity contribution is -0.113. The number of amides is 2. The van der Waals surface area contributed by atoms with Gasteiger partial charge in [0.05, 0.1) is 0 Å². The minimum Gasteiger partial charge on any atom is -0.489 e. The first-order valence-electron chi connectivity index (χ1n) is 14.5. The number of rotatable bonds is 11. The zero-order valence-corrected chi connectivity index (χ0v) is 24.8. The molecule has 0 heterocycles. The summed E-state index contributed by atoms with van der Waals surface area (Å²) in [5, 5.41) is 5.56. The maximum Gasteiger partial charge on any atom is 0.272 e. The molecule has 0 saturated carbocycles. The van der Waals surface area contributed by atoms with Crippen LogP contribution >= 0.6 is 0 Å². The maximum atomic E-state index is 13.3. The van der Waals surface area contributed by atoms with Gasteiger partial charge in [0.15, 0.2) is 5.78 Å². The summed E-state index contributed by atoms with van der Waals surface area (Å²) in [6, 6.07) is 40.4. The molecule has 45 heavy (non-hydrogen) atoms. The number of carbonyl (C=O) groups is 3. The van der Waals surface area contributed by atoms with E-state index in [4.69, 9.17) is 4.74 Å². The van der Waals surface area contributed by atoms with Crippen molar-refractivity contribution in [2.75, 3.05) is 5.32 Å². The van der Waals surface area contributed by atoms with Gasteiger partial charge in [-0.05, 0) is 84.3 Å². The van der Waals surface area contributed by atoms with Gasteiger partial charge in [0.2, 0.25) is 0 Å². The van der Waals surface area contributed by atoms with E-state index in [-0.39, 0.29) is 11.5 Å². The van der Waals surface area contributed by atoms with E-state index in [0.29, 0.717) is 23.4 Å². The molecule has 0 spiro atoms. The van der Waals surface area contributed by atoms with Crippen molar-refractivity contribution in [2.45, 2.75) is 13.5 Å². The summed E-state index contributed by atoms with van der Waals surface area (Å²) in [6.45, 7) is 2.44. The minimum atomic E-state index is -0.490. The van der Waals surface area contributed by atoms with Crippen LogP contribution < -0.4 is 15.4 Å². The molecule has 5 rings (SSSR count). The van der Waals surface area contributed by atoms with Crippen molar-refractivity contribution in [1.29, 1.82) is 0 Å². The van der Waals surface area contributed by atoms with Crippen LogP contribution in [0.15, 0.2) is 145 Å². The SMILES string of the molecule is Cc1cccc(/C=C(\NC(=O)c2ccccc2)C(=O)Nc2ccc(C(=O)/C=C/c3ccc(OCc4ccccc4)cc3)cc2)c1. The Morgan fingerprint density at radius 1 is 0.689 bits per heavy atom. The Bertz CT molecular complexity index is 1830. The molecule has 5 aromatic carbocycles. The Morgan fingerprint density at radius 2 is 1.38 bits per heavy atom. The number of hydrogen-bond acceptors (Lipinski definition) is 4. The van der Waals surface area contributed by atoms with Gasteiger partial charge >= 0.3 is 0 Å². The molecule has 0 aliphatic heterocycles. The minimum absolute atomic E-state index is 0.0917. The molecule has 6 heteroatoms. The number of anilines is 1. The average molecular weight is 593 g/mol. The van der Waals surface area contributed by atoms with Gasteiger partial charge in [-0.15, -0.1) is 0 Å². The zero-order chi connectivity index (χ0) is 31.4. The van der Waals surface area contributed by atoms with Crippen LogP contribution in [-0.2, 0) is 11.4 Å². The quantitative estimate of drug-likeness (QED) is 0.121. The van der Waals surface area contributed by atoms with E-state index in [1.807, 2.05) is 91.9 Å². The molecular weight excluding hydrogens is 560 g/mol. The van der Waals surface area contributed by atoms with Crippen molar-refractivity contribution in [3.8, 4) is 5.75 Å². The van der Waals surface area contributed by atoms with E-state index >= 15 is 0 Å². The molecule has 0 atom stereocenters. The number of hydrogen-bond donors (Lipinski definition) is 2. The smallest absolute Gasteiger partial charge is 0.272 e. The second kappa shape index (κ2) is 14.9. The highest BCUT2D eigenvalue weighted by Crippen LogP contribution is 2.17. The third-order valence-corrected chi connectivity index (χ3v) is 6.86. The molecule has 0 aliphatic rings. The topological polar surface area (TPSA) is 84.5 Å². The molecule has 0 saturated heterocycles. The van der Waals surface area contributed by atoms with Crippen molar-refractivity contribution in [3.05, 3.63) is 179 Å². The van der Waals surface area contributed by atoms with Gasteiger partial charge in [0.25, 0.3) is 11.8 Å². The van der Waals surface area contributed by atoms with Gasteiger partial charge in [-0.3, -0.25) is 14.4 Å². The first-order valence-corrected chi connectivity index (χ1v) is 14.5. The summed E-state index contributed by atoms with van der Waals surface area (Å²) in [5.41, 5.74) is 5.23. The van der Waals surface area contributed by atoms with Gasteiger partial charge in [0, 0.05) is 16.8 Å². The number of nitrogens with one attached hydrogen (secondary N) is 2. The Kier molecular flexibility index (Phi) is 10.1. The summed E-state index contributed by atoms with van der Waals surface area (Å²) in [5.74, 6) is -0.313. The monoisotopic (exact) mass is 592 g/mol.